The first kappa shape index (κ1) is 15.8. The number of rotatable bonds is 3. The topological polar surface area (TPSA) is 52.9 Å². The van der Waals surface area contributed by atoms with Crippen molar-refractivity contribution in [2.45, 2.75) is 13.8 Å². The summed E-state index contributed by atoms with van der Waals surface area (Å²) < 4.78 is 0. The van der Waals surface area contributed by atoms with Crippen LogP contribution in [0.1, 0.15) is 16.7 Å². The van der Waals surface area contributed by atoms with Crippen molar-refractivity contribution in [3.8, 4) is 6.07 Å². The Labute approximate surface area is 134 Å². The first-order valence-corrected chi connectivity index (χ1v) is 7.14. The van der Waals surface area contributed by atoms with Gasteiger partial charge in [-0.1, -0.05) is 35.9 Å². The minimum atomic E-state index is -0.453. The Morgan fingerprint density at radius 3 is 2.55 bits per heavy atom. The molecule has 0 unspecified atom stereocenters. The molecule has 110 valence electrons. The van der Waals surface area contributed by atoms with Gasteiger partial charge in [0, 0.05) is 10.7 Å². The fraction of sp³-hybridized carbons (Fsp3) is 0.111. The van der Waals surface area contributed by atoms with E-state index in [4.69, 9.17) is 11.6 Å². The van der Waals surface area contributed by atoms with E-state index in [-0.39, 0.29) is 5.57 Å². The van der Waals surface area contributed by atoms with E-state index in [2.05, 4.69) is 5.32 Å². The Morgan fingerprint density at radius 2 is 1.91 bits per heavy atom. The highest BCUT2D eigenvalue weighted by Gasteiger charge is 2.10. The summed E-state index contributed by atoms with van der Waals surface area (Å²) in [6.07, 6.45) is 1.48. The van der Waals surface area contributed by atoms with E-state index in [1.54, 1.807) is 24.3 Å². The Hall–Kier alpha value is -2.57. The van der Waals surface area contributed by atoms with Crippen molar-refractivity contribution < 1.29 is 4.79 Å². The molecular formula is C18H15ClN2O. The number of halogens is 1. The third-order valence-corrected chi connectivity index (χ3v) is 3.68. The van der Waals surface area contributed by atoms with Crippen LogP contribution in [-0.2, 0) is 4.79 Å². The van der Waals surface area contributed by atoms with Gasteiger partial charge in [0.25, 0.3) is 5.91 Å². The molecule has 1 amide bonds. The molecule has 0 radical (unpaired) electrons. The van der Waals surface area contributed by atoms with Crippen LogP contribution in [0.5, 0.6) is 0 Å². The molecule has 2 aromatic rings. The summed E-state index contributed by atoms with van der Waals surface area (Å²) in [7, 11) is 0. The zero-order valence-corrected chi connectivity index (χ0v) is 13.1. The van der Waals surface area contributed by atoms with Gasteiger partial charge in [-0.2, -0.15) is 5.26 Å². The summed E-state index contributed by atoms with van der Waals surface area (Å²) in [5, 5.41) is 12.4. The van der Waals surface area contributed by atoms with Crippen LogP contribution in [-0.4, -0.2) is 5.91 Å². The number of aryl methyl sites for hydroxylation is 2. The molecule has 0 aliphatic heterocycles. The van der Waals surface area contributed by atoms with Crippen LogP contribution in [0.2, 0.25) is 5.02 Å². The second-order valence-corrected chi connectivity index (χ2v) is 5.35. The van der Waals surface area contributed by atoms with Crippen LogP contribution in [0.4, 0.5) is 5.69 Å². The van der Waals surface area contributed by atoms with E-state index in [9.17, 15) is 10.1 Å². The maximum atomic E-state index is 12.2. The van der Waals surface area contributed by atoms with Crippen LogP contribution >= 0.6 is 11.6 Å². The Morgan fingerprint density at radius 1 is 1.18 bits per heavy atom. The molecule has 0 saturated carbocycles. The lowest BCUT2D eigenvalue weighted by Gasteiger charge is -2.07. The lowest BCUT2D eigenvalue weighted by Crippen LogP contribution is -2.13. The van der Waals surface area contributed by atoms with E-state index >= 15 is 0 Å². The molecule has 0 aromatic heterocycles. The molecule has 0 heterocycles. The number of amides is 1. The number of nitrogens with one attached hydrogen (secondary N) is 1. The largest absolute Gasteiger partial charge is 0.321 e. The van der Waals surface area contributed by atoms with Crippen molar-refractivity contribution in [1.82, 2.24) is 0 Å². The first-order chi connectivity index (χ1) is 10.5. The van der Waals surface area contributed by atoms with Gasteiger partial charge >= 0.3 is 0 Å². The van der Waals surface area contributed by atoms with Crippen molar-refractivity contribution in [1.29, 1.82) is 5.26 Å². The number of carbonyl (C=O) groups is 1. The maximum Gasteiger partial charge on any atom is 0.266 e. The minimum absolute atomic E-state index is 0.00586. The number of nitrogens with zero attached hydrogens (tertiary/aromatic N) is 1. The third-order valence-electron chi connectivity index (χ3n) is 3.33. The predicted octanol–water partition coefficient (Wildman–Crippen LogP) is 4.50. The van der Waals surface area contributed by atoms with Gasteiger partial charge in [0.2, 0.25) is 0 Å². The van der Waals surface area contributed by atoms with Crippen LogP contribution in [0.25, 0.3) is 6.08 Å². The molecule has 22 heavy (non-hydrogen) atoms. The molecule has 2 rings (SSSR count). The third kappa shape index (κ3) is 3.75. The normalized spacial score (nSPS) is 10.9. The van der Waals surface area contributed by atoms with Gasteiger partial charge in [-0.3, -0.25) is 4.79 Å². The first-order valence-electron chi connectivity index (χ1n) is 6.76. The van der Waals surface area contributed by atoms with E-state index in [0.29, 0.717) is 16.3 Å². The summed E-state index contributed by atoms with van der Waals surface area (Å²) in [6, 6.07) is 14.6. The Bertz CT molecular complexity index is 788. The average Bonchev–Trinajstić information content (AvgIpc) is 2.50. The standard InChI is InChI=1S/C18H15ClN2O/c1-12-7-8-16(9-13(12)2)21-18(22)15(11-20)10-14-5-3-4-6-17(14)19/h3-10H,1-2H3,(H,21,22)/b15-10+. The van der Waals surface area contributed by atoms with Crippen molar-refractivity contribution >= 4 is 29.3 Å². The molecule has 0 spiro atoms. The molecule has 1 N–H and O–H groups in total. The highest BCUT2D eigenvalue weighted by atomic mass is 35.5. The molecule has 0 atom stereocenters. The average molecular weight is 311 g/mol. The summed E-state index contributed by atoms with van der Waals surface area (Å²) >= 11 is 6.04. The summed E-state index contributed by atoms with van der Waals surface area (Å²) in [5.41, 5.74) is 3.52. The van der Waals surface area contributed by atoms with Gasteiger partial charge in [0.15, 0.2) is 0 Å². The number of hydrogen-bond donors (Lipinski definition) is 1. The Balaban J connectivity index is 2.24. The quantitative estimate of drug-likeness (QED) is 0.670. The van der Waals surface area contributed by atoms with Gasteiger partial charge in [-0.05, 0) is 54.8 Å². The second kappa shape index (κ2) is 6.93. The van der Waals surface area contributed by atoms with Gasteiger partial charge in [-0.15, -0.1) is 0 Å². The Kier molecular flexibility index (Phi) is 4.98. The maximum absolute atomic E-state index is 12.2. The molecule has 3 nitrogen and oxygen atoms in total. The van der Waals surface area contributed by atoms with Crippen molar-refractivity contribution in [2.75, 3.05) is 5.32 Å². The SMILES string of the molecule is Cc1ccc(NC(=O)/C(C#N)=C/c2ccccc2Cl)cc1C. The van der Waals surface area contributed by atoms with Crippen molar-refractivity contribution in [3.05, 3.63) is 69.8 Å². The number of anilines is 1. The van der Waals surface area contributed by atoms with E-state index < -0.39 is 5.91 Å². The fourth-order valence-electron chi connectivity index (χ4n) is 1.91. The lowest BCUT2D eigenvalue weighted by molar-refractivity contribution is -0.112. The monoisotopic (exact) mass is 310 g/mol. The van der Waals surface area contributed by atoms with E-state index in [1.165, 1.54) is 6.08 Å². The summed E-state index contributed by atoms with van der Waals surface area (Å²) in [5.74, 6) is -0.453. The zero-order chi connectivity index (χ0) is 16.1. The molecule has 2 aromatic carbocycles. The van der Waals surface area contributed by atoms with Gasteiger partial charge in [0.05, 0.1) is 0 Å². The summed E-state index contributed by atoms with van der Waals surface area (Å²) in [4.78, 5) is 12.2. The lowest BCUT2D eigenvalue weighted by atomic mass is 10.1. The molecule has 0 bridgehead atoms. The van der Waals surface area contributed by atoms with Crippen molar-refractivity contribution in [2.24, 2.45) is 0 Å². The van der Waals surface area contributed by atoms with E-state index in [1.807, 2.05) is 38.1 Å². The van der Waals surface area contributed by atoms with E-state index in [0.717, 1.165) is 11.1 Å². The molecule has 0 aliphatic carbocycles. The molecular weight excluding hydrogens is 296 g/mol. The molecule has 4 heteroatoms. The van der Waals surface area contributed by atoms with Crippen LogP contribution in [0, 0.1) is 25.2 Å². The highest BCUT2D eigenvalue weighted by Crippen LogP contribution is 2.19. The van der Waals surface area contributed by atoms with Crippen LogP contribution in [0.3, 0.4) is 0 Å². The second-order valence-electron chi connectivity index (χ2n) is 4.94. The predicted molar refractivity (Wildman–Crippen MR) is 89.6 cm³/mol. The van der Waals surface area contributed by atoms with Gasteiger partial charge in [-0.25, -0.2) is 0 Å². The minimum Gasteiger partial charge on any atom is -0.321 e. The number of carbonyl (C=O) groups excluding carboxylic acids is 1. The smallest absolute Gasteiger partial charge is 0.266 e. The van der Waals surface area contributed by atoms with Gasteiger partial charge in [0.1, 0.15) is 11.6 Å². The zero-order valence-electron chi connectivity index (χ0n) is 12.4. The number of nitriles is 1. The molecule has 0 fully saturated rings. The highest BCUT2D eigenvalue weighted by molar-refractivity contribution is 6.32. The van der Waals surface area contributed by atoms with Crippen molar-refractivity contribution in [3.63, 3.8) is 0 Å². The molecule has 0 saturated heterocycles. The number of hydrogen-bond acceptors (Lipinski definition) is 2. The number of benzene rings is 2. The van der Waals surface area contributed by atoms with Crippen LogP contribution < -0.4 is 5.32 Å². The summed E-state index contributed by atoms with van der Waals surface area (Å²) in [6.45, 7) is 3.97. The van der Waals surface area contributed by atoms with Gasteiger partial charge < -0.3 is 5.32 Å². The molecule has 0 aliphatic rings. The fourth-order valence-corrected chi connectivity index (χ4v) is 2.10. The van der Waals surface area contributed by atoms with Crippen LogP contribution in [0.15, 0.2) is 48.0 Å².